The van der Waals surface area contributed by atoms with Gasteiger partial charge in [-0.2, -0.15) is 4.31 Å². The molecular formula is C31H26F3N5O3S. The number of rotatable bonds is 11. The number of carbonyl (C=O) groups excluding carboxylic acids is 1. The second-order valence-corrected chi connectivity index (χ2v) is 12.0. The quantitative estimate of drug-likeness (QED) is 0.0904. The van der Waals surface area contributed by atoms with Crippen LogP contribution in [0.15, 0.2) is 107 Å². The summed E-state index contributed by atoms with van der Waals surface area (Å²) in [6.45, 7) is 0.287. The SMILES string of the molecule is [N-]=[N+]=N[C@H](C(=O)Nc1cccc(F)c1CCC1CN1S(=O)(=O)c1ccccc1)C(c1cccc(F)c1)c1cccc(F)c1. The van der Waals surface area contributed by atoms with Crippen molar-refractivity contribution in [3.05, 3.63) is 142 Å². The van der Waals surface area contributed by atoms with Gasteiger partial charge in [0.25, 0.3) is 0 Å². The second-order valence-electron chi connectivity index (χ2n) is 10.1. The molecule has 2 unspecified atom stereocenters. The molecule has 1 N–H and O–H groups in total. The normalized spacial score (nSPS) is 16.7. The first-order valence-electron chi connectivity index (χ1n) is 13.4. The molecular weight excluding hydrogens is 579 g/mol. The first-order chi connectivity index (χ1) is 20.7. The van der Waals surface area contributed by atoms with Crippen molar-refractivity contribution in [2.75, 3.05) is 11.9 Å². The summed E-state index contributed by atoms with van der Waals surface area (Å²) >= 11 is 0. The average Bonchev–Trinajstić information content (AvgIpc) is 3.78. The van der Waals surface area contributed by atoms with Crippen molar-refractivity contribution < 1.29 is 26.4 Å². The van der Waals surface area contributed by atoms with E-state index in [0.29, 0.717) is 6.42 Å². The molecule has 8 nitrogen and oxygen atoms in total. The second kappa shape index (κ2) is 12.7. The fraction of sp³-hybridized carbons (Fsp3) is 0.194. The van der Waals surface area contributed by atoms with Crippen LogP contribution in [0.1, 0.15) is 29.0 Å². The molecule has 0 aliphatic carbocycles. The van der Waals surface area contributed by atoms with Crippen LogP contribution in [0, 0.1) is 17.5 Å². The Morgan fingerprint density at radius 2 is 1.56 bits per heavy atom. The number of hydrogen-bond donors (Lipinski definition) is 1. The number of halogens is 3. The Morgan fingerprint density at radius 3 is 2.16 bits per heavy atom. The standard InChI is InChI=1S/C31H26F3N5O3S/c32-22-9-4-7-20(17-22)29(21-8-5-10-23(33)18-21)30(37-38-35)31(40)36-28-14-6-13-27(34)26(28)16-15-24-19-39(24)43(41,42)25-11-2-1-3-12-25/h1-14,17-18,24,29-30H,15-16,19H2,(H,36,40)/t24?,30-,39?/m0/s1. The molecule has 0 radical (unpaired) electrons. The van der Waals surface area contributed by atoms with Gasteiger partial charge in [-0.05, 0) is 78.0 Å². The highest BCUT2D eigenvalue weighted by Crippen LogP contribution is 2.34. The molecule has 43 heavy (non-hydrogen) atoms. The third-order valence-electron chi connectivity index (χ3n) is 7.29. The highest BCUT2D eigenvalue weighted by Gasteiger charge is 2.44. The van der Waals surface area contributed by atoms with Gasteiger partial charge in [0.05, 0.1) is 4.90 Å². The molecule has 1 heterocycles. The molecule has 4 aromatic rings. The molecule has 0 bridgehead atoms. The Balaban J connectivity index is 1.38. The molecule has 5 rings (SSSR count). The van der Waals surface area contributed by atoms with Crippen LogP contribution in [0.5, 0.6) is 0 Å². The first-order valence-corrected chi connectivity index (χ1v) is 14.8. The largest absolute Gasteiger partial charge is 0.325 e. The van der Waals surface area contributed by atoms with Crippen molar-refractivity contribution in [2.45, 2.75) is 35.7 Å². The number of carbonyl (C=O) groups is 1. The molecule has 3 atom stereocenters. The summed E-state index contributed by atoms with van der Waals surface area (Å²) in [6, 6.07) is 20.9. The van der Waals surface area contributed by atoms with Gasteiger partial charge in [-0.3, -0.25) is 4.79 Å². The fourth-order valence-electron chi connectivity index (χ4n) is 5.15. The molecule has 1 fully saturated rings. The summed E-state index contributed by atoms with van der Waals surface area (Å²) in [6.07, 6.45) is 0.405. The summed E-state index contributed by atoms with van der Waals surface area (Å²) in [7, 11) is -3.67. The smallest absolute Gasteiger partial charge is 0.243 e. The molecule has 1 aliphatic heterocycles. The van der Waals surface area contributed by atoms with E-state index in [1.807, 2.05) is 0 Å². The average molecular weight is 606 g/mol. The summed E-state index contributed by atoms with van der Waals surface area (Å²) in [5, 5.41) is 6.33. The third-order valence-corrected chi connectivity index (χ3v) is 9.23. The lowest BCUT2D eigenvalue weighted by molar-refractivity contribution is -0.117. The Labute approximate surface area is 246 Å². The summed E-state index contributed by atoms with van der Waals surface area (Å²) in [5.41, 5.74) is 10.1. The van der Waals surface area contributed by atoms with E-state index in [-0.39, 0.29) is 46.3 Å². The van der Waals surface area contributed by atoms with E-state index < -0.39 is 45.3 Å². The van der Waals surface area contributed by atoms with Crippen LogP contribution in [0.3, 0.4) is 0 Å². The third kappa shape index (κ3) is 6.72. The lowest BCUT2D eigenvalue weighted by Crippen LogP contribution is -2.33. The van der Waals surface area contributed by atoms with Gasteiger partial charge in [-0.25, -0.2) is 21.6 Å². The van der Waals surface area contributed by atoms with Gasteiger partial charge in [0, 0.05) is 34.7 Å². The van der Waals surface area contributed by atoms with Crippen LogP contribution in [0.25, 0.3) is 10.4 Å². The van der Waals surface area contributed by atoms with E-state index in [4.69, 9.17) is 0 Å². The van der Waals surface area contributed by atoms with Gasteiger partial charge in [0.15, 0.2) is 0 Å². The van der Waals surface area contributed by atoms with Gasteiger partial charge < -0.3 is 5.32 Å². The Kier molecular flexibility index (Phi) is 8.81. The zero-order valence-corrected chi connectivity index (χ0v) is 23.5. The maximum absolute atomic E-state index is 15.0. The molecule has 0 aromatic heterocycles. The van der Waals surface area contributed by atoms with Crippen LogP contribution < -0.4 is 5.32 Å². The monoisotopic (exact) mass is 605 g/mol. The highest BCUT2D eigenvalue weighted by molar-refractivity contribution is 7.89. The van der Waals surface area contributed by atoms with Gasteiger partial charge in [-0.15, -0.1) is 0 Å². The zero-order valence-electron chi connectivity index (χ0n) is 22.6. The molecule has 12 heteroatoms. The van der Waals surface area contributed by atoms with Crippen molar-refractivity contribution in [3.8, 4) is 0 Å². The number of sulfonamides is 1. The summed E-state index contributed by atoms with van der Waals surface area (Å²) in [4.78, 5) is 16.6. The maximum Gasteiger partial charge on any atom is 0.243 e. The minimum Gasteiger partial charge on any atom is -0.325 e. The highest BCUT2D eigenvalue weighted by atomic mass is 32.2. The van der Waals surface area contributed by atoms with Crippen LogP contribution >= 0.6 is 0 Å². The van der Waals surface area contributed by atoms with E-state index in [0.717, 1.165) is 0 Å². The van der Waals surface area contributed by atoms with Crippen LogP contribution in [-0.4, -0.2) is 37.3 Å². The lowest BCUT2D eigenvalue weighted by Gasteiger charge is -2.25. The number of anilines is 1. The Morgan fingerprint density at radius 1 is 0.930 bits per heavy atom. The minimum absolute atomic E-state index is 0.108. The molecule has 0 saturated carbocycles. The van der Waals surface area contributed by atoms with Crippen LogP contribution in [0.2, 0.25) is 0 Å². The number of benzene rings is 4. The van der Waals surface area contributed by atoms with Gasteiger partial charge in [0.2, 0.25) is 15.9 Å². The number of nitrogens with one attached hydrogen (secondary N) is 1. The first kappa shape index (κ1) is 29.8. The van der Waals surface area contributed by atoms with Crippen molar-refractivity contribution in [3.63, 3.8) is 0 Å². The summed E-state index contributed by atoms with van der Waals surface area (Å²) < 4.78 is 70.6. The van der Waals surface area contributed by atoms with Gasteiger partial charge in [-0.1, -0.05) is 53.6 Å². The van der Waals surface area contributed by atoms with E-state index in [9.17, 15) is 27.5 Å². The van der Waals surface area contributed by atoms with Gasteiger partial charge in [0.1, 0.15) is 23.5 Å². The molecule has 0 spiro atoms. The fourth-order valence-corrected chi connectivity index (χ4v) is 6.79. The Hall–Kier alpha value is -4.64. The number of azide groups is 1. The van der Waals surface area contributed by atoms with Crippen molar-refractivity contribution in [1.82, 2.24) is 4.31 Å². The Bertz CT molecular complexity index is 1750. The number of nitrogens with zero attached hydrogens (tertiary/aromatic N) is 4. The van der Waals surface area contributed by atoms with E-state index >= 15 is 4.39 Å². The van der Waals surface area contributed by atoms with Gasteiger partial charge >= 0.3 is 0 Å². The topological polar surface area (TPSA) is 115 Å². The molecule has 4 aromatic carbocycles. The number of hydrogen-bond acceptors (Lipinski definition) is 4. The predicted octanol–water partition coefficient (Wildman–Crippen LogP) is 6.56. The van der Waals surface area contributed by atoms with E-state index in [1.165, 1.54) is 83.2 Å². The van der Waals surface area contributed by atoms with E-state index in [2.05, 4.69) is 15.3 Å². The van der Waals surface area contributed by atoms with Crippen LogP contribution in [0.4, 0.5) is 18.9 Å². The van der Waals surface area contributed by atoms with Crippen molar-refractivity contribution in [1.29, 1.82) is 0 Å². The van der Waals surface area contributed by atoms with E-state index in [1.54, 1.807) is 18.2 Å². The van der Waals surface area contributed by atoms with Crippen molar-refractivity contribution in [2.24, 2.45) is 5.11 Å². The van der Waals surface area contributed by atoms with Crippen LogP contribution in [-0.2, 0) is 21.2 Å². The summed E-state index contributed by atoms with van der Waals surface area (Å²) in [5.74, 6) is -3.70. The predicted molar refractivity (Wildman–Crippen MR) is 155 cm³/mol. The number of amides is 1. The molecule has 1 aliphatic rings. The minimum atomic E-state index is -3.67. The molecule has 220 valence electrons. The van der Waals surface area contributed by atoms with Crippen molar-refractivity contribution >= 4 is 21.6 Å². The zero-order chi connectivity index (χ0) is 30.6. The molecule has 1 amide bonds. The maximum atomic E-state index is 15.0. The lowest BCUT2D eigenvalue weighted by atomic mass is 9.84. The molecule has 1 saturated heterocycles.